The van der Waals surface area contributed by atoms with Gasteiger partial charge in [-0.3, -0.25) is 4.68 Å². The van der Waals surface area contributed by atoms with E-state index in [1.807, 2.05) is 24.7 Å². The summed E-state index contributed by atoms with van der Waals surface area (Å²) >= 11 is 0. The van der Waals surface area contributed by atoms with Crippen molar-refractivity contribution in [2.75, 3.05) is 11.9 Å². The lowest BCUT2D eigenvalue weighted by Gasteiger charge is -2.07. The van der Waals surface area contributed by atoms with Gasteiger partial charge in [0.1, 0.15) is 0 Å². The van der Waals surface area contributed by atoms with Crippen LogP contribution in [0.1, 0.15) is 32.5 Å². The molecule has 0 aromatic carbocycles. The minimum absolute atomic E-state index is 0.307. The van der Waals surface area contributed by atoms with Crippen LogP contribution in [0.5, 0.6) is 11.6 Å². The molecule has 0 spiro atoms. The maximum atomic E-state index is 5.70. The number of aromatic nitrogens is 4. The number of nitrogens with one attached hydrogen (secondary N) is 1. The largest absolute Gasteiger partial charge is 0.436 e. The normalized spacial score (nSPS) is 10.8. The van der Waals surface area contributed by atoms with E-state index >= 15 is 0 Å². The van der Waals surface area contributed by atoms with Crippen LogP contribution >= 0.6 is 0 Å². The maximum absolute atomic E-state index is 5.70. The van der Waals surface area contributed by atoms with Crippen LogP contribution in [0.2, 0.25) is 0 Å². The van der Waals surface area contributed by atoms with E-state index in [-0.39, 0.29) is 0 Å². The molecule has 0 saturated carbocycles. The van der Waals surface area contributed by atoms with Gasteiger partial charge >= 0.3 is 0 Å². The van der Waals surface area contributed by atoms with E-state index < -0.39 is 0 Å². The Morgan fingerprint density at radius 1 is 1.37 bits per heavy atom. The van der Waals surface area contributed by atoms with Gasteiger partial charge < -0.3 is 10.1 Å². The fourth-order valence-electron chi connectivity index (χ4n) is 1.61. The zero-order chi connectivity index (χ0) is 13.8. The van der Waals surface area contributed by atoms with Crippen LogP contribution in [0.15, 0.2) is 18.5 Å². The van der Waals surface area contributed by atoms with Crippen molar-refractivity contribution in [2.45, 2.75) is 33.7 Å². The van der Waals surface area contributed by atoms with E-state index in [9.17, 15) is 0 Å². The summed E-state index contributed by atoms with van der Waals surface area (Å²) in [5, 5.41) is 7.30. The quantitative estimate of drug-likeness (QED) is 0.896. The fourth-order valence-corrected chi connectivity index (χ4v) is 1.61. The number of rotatable bonds is 5. The second kappa shape index (κ2) is 5.69. The first kappa shape index (κ1) is 13.3. The Bertz CT molecular complexity index is 550. The topological polar surface area (TPSA) is 64.9 Å². The van der Waals surface area contributed by atoms with E-state index in [2.05, 4.69) is 34.2 Å². The number of hydrogen-bond acceptors (Lipinski definition) is 5. The zero-order valence-corrected chi connectivity index (χ0v) is 11.7. The molecule has 0 bridgehead atoms. The summed E-state index contributed by atoms with van der Waals surface area (Å²) in [6, 6.07) is 2.11. The Kier molecular flexibility index (Phi) is 3.99. The molecule has 0 aliphatic heterocycles. The van der Waals surface area contributed by atoms with Crippen LogP contribution in [-0.2, 0) is 0 Å². The molecule has 2 aromatic heterocycles. The van der Waals surface area contributed by atoms with Gasteiger partial charge in [0.05, 0.1) is 12.4 Å². The molecule has 0 saturated heterocycles. The van der Waals surface area contributed by atoms with Gasteiger partial charge in [-0.05, 0) is 27.7 Å². The number of ether oxygens (including phenoxy) is 1. The molecular formula is C13H19N5O. The molecule has 6 heteroatoms. The fraction of sp³-hybridized carbons (Fsp3) is 0.462. The van der Waals surface area contributed by atoms with Gasteiger partial charge in [-0.2, -0.15) is 10.1 Å². The van der Waals surface area contributed by atoms with Crippen molar-refractivity contribution in [3.8, 4) is 11.6 Å². The molecule has 0 fully saturated rings. The Hall–Kier alpha value is -2.11. The van der Waals surface area contributed by atoms with Crippen LogP contribution in [-0.4, -0.2) is 26.3 Å². The summed E-state index contributed by atoms with van der Waals surface area (Å²) in [6.07, 6.45) is 3.54. The third-order valence-corrected chi connectivity index (χ3v) is 2.49. The lowest BCUT2D eigenvalue weighted by molar-refractivity contribution is 0.458. The van der Waals surface area contributed by atoms with Crippen LogP contribution in [0.4, 0.5) is 5.95 Å². The zero-order valence-electron chi connectivity index (χ0n) is 11.7. The highest BCUT2D eigenvalue weighted by Crippen LogP contribution is 2.21. The molecule has 2 heterocycles. The van der Waals surface area contributed by atoms with Crippen LogP contribution in [0, 0.1) is 6.92 Å². The van der Waals surface area contributed by atoms with Gasteiger partial charge in [-0.25, -0.2) is 4.98 Å². The molecule has 0 atom stereocenters. The summed E-state index contributed by atoms with van der Waals surface area (Å²) in [6.45, 7) is 8.81. The van der Waals surface area contributed by atoms with Crippen molar-refractivity contribution in [1.82, 2.24) is 19.7 Å². The molecule has 0 aliphatic carbocycles. The van der Waals surface area contributed by atoms with Crippen molar-refractivity contribution in [1.29, 1.82) is 0 Å². The first-order valence-electron chi connectivity index (χ1n) is 6.40. The molecule has 1 N–H and O–H groups in total. The molecule has 0 amide bonds. The molecule has 19 heavy (non-hydrogen) atoms. The summed E-state index contributed by atoms with van der Waals surface area (Å²) in [4.78, 5) is 8.57. The Balaban J connectivity index is 2.17. The van der Waals surface area contributed by atoms with Crippen molar-refractivity contribution in [3.63, 3.8) is 0 Å². The lowest BCUT2D eigenvalue weighted by atomic mass is 10.4. The van der Waals surface area contributed by atoms with Crippen molar-refractivity contribution in [2.24, 2.45) is 0 Å². The second-order valence-electron chi connectivity index (χ2n) is 4.55. The standard InChI is InChI=1S/C13H19N5O/c1-5-14-13-16-10(4)6-12(17-13)19-11-7-15-18(8-11)9(2)3/h6-9H,5H2,1-4H3,(H,14,16,17). The molecule has 0 radical (unpaired) electrons. The SMILES string of the molecule is CCNc1nc(C)cc(Oc2cnn(C(C)C)c2)n1. The Labute approximate surface area is 112 Å². The van der Waals surface area contributed by atoms with E-state index in [0.717, 1.165) is 12.2 Å². The predicted octanol–water partition coefficient (Wildman–Crippen LogP) is 2.79. The first-order valence-corrected chi connectivity index (χ1v) is 6.40. The highest BCUT2D eigenvalue weighted by atomic mass is 16.5. The number of hydrogen-bond donors (Lipinski definition) is 1. The van der Waals surface area contributed by atoms with Crippen molar-refractivity contribution in [3.05, 3.63) is 24.2 Å². The van der Waals surface area contributed by atoms with Gasteiger partial charge in [0.25, 0.3) is 0 Å². The average molecular weight is 261 g/mol. The van der Waals surface area contributed by atoms with Gasteiger partial charge in [0.15, 0.2) is 5.75 Å². The predicted molar refractivity (Wildman–Crippen MR) is 73.6 cm³/mol. The van der Waals surface area contributed by atoms with Crippen LogP contribution in [0.25, 0.3) is 0 Å². The van der Waals surface area contributed by atoms with Gasteiger partial charge in [0, 0.05) is 24.3 Å². The molecule has 2 rings (SSSR count). The smallest absolute Gasteiger partial charge is 0.226 e. The summed E-state index contributed by atoms with van der Waals surface area (Å²) in [5.41, 5.74) is 0.859. The summed E-state index contributed by atoms with van der Waals surface area (Å²) in [7, 11) is 0. The summed E-state index contributed by atoms with van der Waals surface area (Å²) in [5.74, 6) is 1.77. The van der Waals surface area contributed by atoms with E-state index in [1.54, 1.807) is 12.3 Å². The van der Waals surface area contributed by atoms with Gasteiger partial charge in [-0.15, -0.1) is 0 Å². The minimum Gasteiger partial charge on any atom is -0.436 e. The van der Waals surface area contributed by atoms with Crippen LogP contribution < -0.4 is 10.1 Å². The Morgan fingerprint density at radius 3 is 2.79 bits per heavy atom. The number of aryl methyl sites for hydroxylation is 1. The number of nitrogens with zero attached hydrogens (tertiary/aromatic N) is 4. The Morgan fingerprint density at radius 2 is 2.16 bits per heavy atom. The highest BCUT2D eigenvalue weighted by molar-refractivity contribution is 5.32. The molecule has 2 aromatic rings. The lowest BCUT2D eigenvalue weighted by Crippen LogP contribution is -2.03. The third kappa shape index (κ3) is 3.43. The van der Waals surface area contributed by atoms with Crippen LogP contribution in [0.3, 0.4) is 0 Å². The van der Waals surface area contributed by atoms with Gasteiger partial charge in [-0.1, -0.05) is 0 Å². The molecule has 102 valence electrons. The van der Waals surface area contributed by atoms with Crippen molar-refractivity contribution < 1.29 is 4.74 Å². The molecule has 6 nitrogen and oxygen atoms in total. The first-order chi connectivity index (χ1) is 9.08. The van der Waals surface area contributed by atoms with Gasteiger partial charge in [0.2, 0.25) is 11.8 Å². The molecule has 0 unspecified atom stereocenters. The molecular weight excluding hydrogens is 242 g/mol. The maximum Gasteiger partial charge on any atom is 0.226 e. The van der Waals surface area contributed by atoms with E-state index in [1.165, 1.54) is 0 Å². The highest BCUT2D eigenvalue weighted by Gasteiger charge is 2.07. The van der Waals surface area contributed by atoms with E-state index in [0.29, 0.717) is 23.6 Å². The van der Waals surface area contributed by atoms with E-state index in [4.69, 9.17) is 4.74 Å². The third-order valence-electron chi connectivity index (χ3n) is 2.49. The average Bonchev–Trinajstić information content (AvgIpc) is 2.77. The monoisotopic (exact) mass is 261 g/mol. The number of anilines is 1. The second-order valence-corrected chi connectivity index (χ2v) is 4.55. The molecule has 0 aliphatic rings. The van der Waals surface area contributed by atoms with Crippen molar-refractivity contribution >= 4 is 5.95 Å². The minimum atomic E-state index is 0.307. The summed E-state index contributed by atoms with van der Waals surface area (Å²) < 4.78 is 7.54.